The molecule has 1 aliphatic carbocycles. The lowest BCUT2D eigenvalue weighted by molar-refractivity contribution is -0.114. The Kier molecular flexibility index (Phi) is 3.61. The molecule has 0 amide bonds. The molecule has 92 valence electrons. The SMILES string of the molecule is Cc1cc(C)n(CCCNC2=CC(=O)CC2)n1. The van der Waals surface area contributed by atoms with E-state index in [2.05, 4.69) is 23.4 Å². The summed E-state index contributed by atoms with van der Waals surface area (Å²) in [4.78, 5) is 11.0. The fourth-order valence-corrected chi connectivity index (χ4v) is 2.12. The molecule has 0 radical (unpaired) electrons. The molecule has 17 heavy (non-hydrogen) atoms. The van der Waals surface area contributed by atoms with E-state index in [0.29, 0.717) is 6.42 Å². The van der Waals surface area contributed by atoms with Gasteiger partial charge in [-0.3, -0.25) is 9.48 Å². The first-order valence-electron chi connectivity index (χ1n) is 6.13. The highest BCUT2D eigenvalue weighted by Crippen LogP contribution is 2.11. The van der Waals surface area contributed by atoms with Crippen LogP contribution >= 0.6 is 0 Å². The van der Waals surface area contributed by atoms with E-state index in [1.54, 1.807) is 6.08 Å². The highest BCUT2D eigenvalue weighted by atomic mass is 16.1. The van der Waals surface area contributed by atoms with Gasteiger partial charge in [-0.1, -0.05) is 0 Å². The van der Waals surface area contributed by atoms with E-state index in [4.69, 9.17) is 0 Å². The summed E-state index contributed by atoms with van der Waals surface area (Å²) < 4.78 is 2.03. The Morgan fingerprint density at radius 2 is 2.24 bits per heavy atom. The van der Waals surface area contributed by atoms with Gasteiger partial charge in [-0.2, -0.15) is 5.10 Å². The minimum atomic E-state index is 0.242. The van der Waals surface area contributed by atoms with Gasteiger partial charge in [0.15, 0.2) is 5.78 Å². The highest BCUT2D eigenvalue weighted by molar-refractivity contribution is 5.92. The predicted octanol–water partition coefficient (Wildman–Crippen LogP) is 1.73. The van der Waals surface area contributed by atoms with Crippen LogP contribution in [0.5, 0.6) is 0 Å². The zero-order chi connectivity index (χ0) is 12.3. The molecule has 0 saturated heterocycles. The Morgan fingerprint density at radius 3 is 2.82 bits per heavy atom. The van der Waals surface area contributed by atoms with E-state index < -0.39 is 0 Å². The number of ketones is 1. The van der Waals surface area contributed by atoms with Gasteiger partial charge in [0.05, 0.1) is 5.69 Å². The third-order valence-corrected chi connectivity index (χ3v) is 2.98. The lowest BCUT2D eigenvalue weighted by Crippen LogP contribution is -2.16. The molecule has 1 heterocycles. The number of aryl methyl sites for hydroxylation is 3. The summed E-state index contributed by atoms with van der Waals surface area (Å²) in [6.07, 6.45) is 4.29. The smallest absolute Gasteiger partial charge is 0.157 e. The number of allylic oxidation sites excluding steroid dienone is 2. The van der Waals surface area contributed by atoms with Crippen LogP contribution in [0.1, 0.15) is 30.7 Å². The van der Waals surface area contributed by atoms with Gasteiger partial charge >= 0.3 is 0 Å². The van der Waals surface area contributed by atoms with Gasteiger partial charge in [0.1, 0.15) is 0 Å². The normalized spacial score (nSPS) is 15.2. The van der Waals surface area contributed by atoms with E-state index in [-0.39, 0.29) is 5.78 Å². The molecule has 0 bridgehead atoms. The van der Waals surface area contributed by atoms with Crippen molar-refractivity contribution in [3.8, 4) is 0 Å². The lowest BCUT2D eigenvalue weighted by Gasteiger charge is -2.07. The molecule has 0 unspecified atom stereocenters. The number of aromatic nitrogens is 2. The minimum Gasteiger partial charge on any atom is -0.388 e. The van der Waals surface area contributed by atoms with Crippen LogP contribution in [0.25, 0.3) is 0 Å². The Bertz CT molecular complexity index is 446. The first-order valence-corrected chi connectivity index (χ1v) is 6.13. The molecule has 1 aromatic heterocycles. The third-order valence-electron chi connectivity index (χ3n) is 2.98. The van der Waals surface area contributed by atoms with Gasteiger partial charge in [0.2, 0.25) is 0 Å². The summed E-state index contributed by atoms with van der Waals surface area (Å²) in [5.41, 5.74) is 3.36. The Labute approximate surface area is 102 Å². The number of carbonyl (C=O) groups is 1. The largest absolute Gasteiger partial charge is 0.388 e. The number of nitrogens with one attached hydrogen (secondary N) is 1. The van der Waals surface area contributed by atoms with Crippen molar-refractivity contribution in [3.63, 3.8) is 0 Å². The number of hydrogen-bond donors (Lipinski definition) is 1. The first kappa shape index (κ1) is 11.9. The Balaban J connectivity index is 1.71. The molecule has 1 aliphatic rings. The maximum atomic E-state index is 11.0. The van der Waals surface area contributed by atoms with Crippen LogP contribution in [0, 0.1) is 13.8 Å². The van der Waals surface area contributed by atoms with Crippen molar-refractivity contribution in [2.75, 3.05) is 6.54 Å². The molecule has 0 spiro atoms. The average molecular weight is 233 g/mol. The van der Waals surface area contributed by atoms with Gasteiger partial charge in [-0.05, 0) is 32.8 Å². The van der Waals surface area contributed by atoms with Crippen molar-refractivity contribution in [2.45, 2.75) is 39.7 Å². The van der Waals surface area contributed by atoms with Crippen molar-refractivity contribution < 1.29 is 4.79 Å². The van der Waals surface area contributed by atoms with Gasteiger partial charge < -0.3 is 5.32 Å². The molecule has 4 heteroatoms. The Hall–Kier alpha value is -1.58. The summed E-state index contributed by atoms with van der Waals surface area (Å²) in [5.74, 6) is 0.242. The van der Waals surface area contributed by atoms with Crippen molar-refractivity contribution in [1.82, 2.24) is 15.1 Å². The monoisotopic (exact) mass is 233 g/mol. The molecule has 0 fully saturated rings. The fraction of sp³-hybridized carbons (Fsp3) is 0.538. The van der Waals surface area contributed by atoms with E-state index in [1.165, 1.54) is 5.69 Å². The highest BCUT2D eigenvalue weighted by Gasteiger charge is 2.10. The molecule has 0 saturated carbocycles. The lowest BCUT2D eigenvalue weighted by atomic mass is 10.3. The van der Waals surface area contributed by atoms with E-state index >= 15 is 0 Å². The number of carbonyl (C=O) groups excluding carboxylic acids is 1. The molecule has 4 nitrogen and oxygen atoms in total. The molecule has 1 aromatic rings. The number of hydrogen-bond acceptors (Lipinski definition) is 3. The second kappa shape index (κ2) is 5.17. The minimum absolute atomic E-state index is 0.242. The molecule has 1 N–H and O–H groups in total. The second-order valence-corrected chi connectivity index (χ2v) is 4.57. The summed E-state index contributed by atoms with van der Waals surface area (Å²) in [6, 6.07) is 2.09. The zero-order valence-electron chi connectivity index (χ0n) is 10.5. The molecule has 2 rings (SSSR count). The molecular formula is C13H19N3O. The molecule has 0 atom stereocenters. The first-order chi connectivity index (χ1) is 8.15. The van der Waals surface area contributed by atoms with Crippen molar-refractivity contribution in [2.24, 2.45) is 0 Å². The van der Waals surface area contributed by atoms with E-state index in [1.807, 2.05) is 11.6 Å². The van der Waals surface area contributed by atoms with Gasteiger partial charge in [-0.25, -0.2) is 0 Å². The molecule has 0 aliphatic heterocycles. The van der Waals surface area contributed by atoms with Crippen LogP contribution in [0.3, 0.4) is 0 Å². The average Bonchev–Trinajstić information content (AvgIpc) is 2.81. The Morgan fingerprint density at radius 1 is 1.41 bits per heavy atom. The van der Waals surface area contributed by atoms with Crippen molar-refractivity contribution in [3.05, 3.63) is 29.2 Å². The molecular weight excluding hydrogens is 214 g/mol. The topological polar surface area (TPSA) is 46.9 Å². The maximum absolute atomic E-state index is 11.0. The van der Waals surface area contributed by atoms with Crippen molar-refractivity contribution >= 4 is 5.78 Å². The van der Waals surface area contributed by atoms with Crippen LogP contribution in [-0.2, 0) is 11.3 Å². The number of nitrogens with zero attached hydrogens (tertiary/aromatic N) is 2. The predicted molar refractivity (Wildman–Crippen MR) is 66.6 cm³/mol. The van der Waals surface area contributed by atoms with Crippen LogP contribution < -0.4 is 5.32 Å². The van der Waals surface area contributed by atoms with E-state index in [9.17, 15) is 4.79 Å². The molecule has 0 aromatic carbocycles. The van der Waals surface area contributed by atoms with Gasteiger partial charge in [0.25, 0.3) is 0 Å². The van der Waals surface area contributed by atoms with Crippen LogP contribution in [0.15, 0.2) is 17.8 Å². The standard InChI is InChI=1S/C13H19N3O/c1-10-8-11(2)16(15-10)7-3-6-14-12-4-5-13(17)9-12/h8-9,14H,3-7H2,1-2H3. The van der Waals surface area contributed by atoms with E-state index in [0.717, 1.165) is 37.3 Å². The summed E-state index contributed by atoms with van der Waals surface area (Å²) in [5, 5.41) is 7.72. The van der Waals surface area contributed by atoms with Crippen LogP contribution in [0.4, 0.5) is 0 Å². The van der Waals surface area contributed by atoms with Gasteiger partial charge in [-0.15, -0.1) is 0 Å². The fourth-order valence-electron chi connectivity index (χ4n) is 2.12. The second-order valence-electron chi connectivity index (χ2n) is 4.57. The summed E-state index contributed by atoms with van der Waals surface area (Å²) >= 11 is 0. The zero-order valence-corrected chi connectivity index (χ0v) is 10.5. The van der Waals surface area contributed by atoms with Crippen LogP contribution in [-0.4, -0.2) is 22.1 Å². The summed E-state index contributed by atoms with van der Waals surface area (Å²) in [7, 11) is 0. The summed E-state index contributed by atoms with van der Waals surface area (Å²) in [6.45, 7) is 5.91. The maximum Gasteiger partial charge on any atom is 0.157 e. The quantitative estimate of drug-likeness (QED) is 0.788. The van der Waals surface area contributed by atoms with Gasteiger partial charge in [0, 0.05) is 37.0 Å². The van der Waals surface area contributed by atoms with Crippen molar-refractivity contribution in [1.29, 1.82) is 0 Å². The van der Waals surface area contributed by atoms with Crippen LogP contribution in [0.2, 0.25) is 0 Å². The number of rotatable bonds is 5. The third kappa shape index (κ3) is 3.19.